The van der Waals surface area contributed by atoms with E-state index in [4.69, 9.17) is 4.74 Å². The molecule has 1 saturated carbocycles. The molecule has 0 bridgehead atoms. The Bertz CT molecular complexity index is 214. The quantitative estimate of drug-likeness (QED) is 0.739. The van der Waals surface area contributed by atoms with E-state index >= 15 is 0 Å². The molecule has 2 fully saturated rings. The lowest BCUT2D eigenvalue weighted by Gasteiger charge is -2.29. The van der Waals surface area contributed by atoms with Crippen LogP contribution in [-0.4, -0.2) is 62.0 Å². The summed E-state index contributed by atoms with van der Waals surface area (Å²) in [6.45, 7) is 6.26. The SMILES string of the molecule is OC(COCC1CCCCC1)CN1CCNCC1. The predicted molar refractivity (Wildman–Crippen MR) is 72.7 cm³/mol. The van der Waals surface area contributed by atoms with Gasteiger partial charge in [0, 0.05) is 39.3 Å². The van der Waals surface area contributed by atoms with Crippen LogP contribution in [0.25, 0.3) is 0 Å². The Hall–Kier alpha value is -0.160. The van der Waals surface area contributed by atoms with Crippen molar-refractivity contribution in [2.45, 2.75) is 38.2 Å². The average molecular weight is 256 g/mol. The maximum absolute atomic E-state index is 9.94. The molecule has 0 amide bonds. The van der Waals surface area contributed by atoms with Crippen LogP contribution in [-0.2, 0) is 4.74 Å². The summed E-state index contributed by atoms with van der Waals surface area (Å²) >= 11 is 0. The Morgan fingerprint density at radius 1 is 1.17 bits per heavy atom. The topological polar surface area (TPSA) is 44.7 Å². The third-order valence-electron chi connectivity index (χ3n) is 4.07. The van der Waals surface area contributed by atoms with E-state index in [-0.39, 0.29) is 6.10 Å². The van der Waals surface area contributed by atoms with Gasteiger partial charge in [-0.3, -0.25) is 4.90 Å². The van der Waals surface area contributed by atoms with Gasteiger partial charge in [0.2, 0.25) is 0 Å². The summed E-state index contributed by atoms with van der Waals surface area (Å²) < 4.78 is 5.68. The van der Waals surface area contributed by atoms with E-state index in [2.05, 4.69) is 10.2 Å². The first kappa shape index (κ1) is 14.3. The fourth-order valence-electron chi connectivity index (χ4n) is 2.97. The van der Waals surface area contributed by atoms with Crippen molar-refractivity contribution in [2.75, 3.05) is 45.9 Å². The highest BCUT2D eigenvalue weighted by molar-refractivity contribution is 4.71. The number of aliphatic hydroxyl groups is 1. The van der Waals surface area contributed by atoms with Gasteiger partial charge < -0.3 is 15.2 Å². The number of rotatable bonds is 6. The van der Waals surface area contributed by atoms with E-state index in [9.17, 15) is 5.11 Å². The molecule has 0 aromatic carbocycles. The number of hydrogen-bond acceptors (Lipinski definition) is 4. The molecule has 1 aliphatic carbocycles. The summed E-state index contributed by atoms with van der Waals surface area (Å²) in [5.41, 5.74) is 0. The third-order valence-corrected chi connectivity index (χ3v) is 4.07. The zero-order valence-corrected chi connectivity index (χ0v) is 11.4. The zero-order chi connectivity index (χ0) is 12.6. The Balaban J connectivity index is 1.52. The highest BCUT2D eigenvalue weighted by Gasteiger charge is 2.16. The van der Waals surface area contributed by atoms with Crippen LogP contribution >= 0.6 is 0 Å². The fraction of sp³-hybridized carbons (Fsp3) is 1.00. The molecule has 106 valence electrons. The first-order valence-corrected chi connectivity index (χ1v) is 7.53. The second-order valence-corrected chi connectivity index (χ2v) is 5.75. The lowest BCUT2D eigenvalue weighted by Crippen LogP contribution is -2.47. The maximum atomic E-state index is 9.94. The lowest BCUT2D eigenvalue weighted by atomic mass is 9.90. The number of ether oxygens (including phenoxy) is 1. The van der Waals surface area contributed by atoms with Crippen LogP contribution in [0.15, 0.2) is 0 Å². The van der Waals surface area contributed by atoms with Crippen molar-refractivity contribution in [2.24, 2.45) is 5.92 Å². The molecule has 0 aromatic heterocycles. The van der Waals surface area contributed by atoms with Crippen molar-refractivity contribution >= 4 is 0 Å². The molecule has 1 saturated heterocycles. The molecular formula is C14H28N2O2. The summed E-state index contributed by atoms with van der Waals surface area (Å²) in [5.74, 6) is 0.741. The summed E-state index contributed by atoms with van der Waals surface area (Å²) in [6.07, 6.45) is 6.41. The minimum Gasteiger partial charge on any atom is -0.389 e. The molecule has 4 heteroatoms. The standard InChI is InChI=1S/C14H28N2O2/c17-14(10-16-8-6-15-7-9-16)12-18-11-13-4-2-1-3-5-13/h13-15,17H,1-12H2. The number of nitrogens with zero attached hydrogens (tertiary/aromatic N) is 1. The highest BCUT2D eigenvalue weighted by atomic mass is 16.5. The number of β-amino-alcohol motifs (C(OH)–C–C–N with tert-alkyl or cyclic N) is 1. The minimum atomic E-state index is -0.327. The van der Waals surface area contributed by atoms with Crippen LogP contribution in [0.2, 0.25) is 0 Å². The van der Waals surface area contributed by atoms with Crippen molar-refractivity contribution in [3.8, 4) is 0 Å². The molecule has 0 spiro atoms. The van der Waals surface area contributed by atoms with Crippen molar-refractivity contribution < 1.29 is 9.84 Å². The van der Waals surface area contributed by atoms with Gasteiger partial charge in [-0.25, -0.2) is 0 Å². The lowest BCUT2D eigenvalue weighted by molar-refractivity contribution is -0.00102. The Labute approximate surface area is 111 Å². The van der Waals surface area contributed by atoms with Crippen LogP contribution < -0.4 is 5.32 Å². The van der Waals surface area contributed by atoms with Gasteiger partial charge in [0.1, 0.15) is 0 Å². The molecule has 18 heavy (non-hydrogen) atoms. The Kier molecular flexibility index (Phi) is 6.41. The maximum Gasteiger partial charge on any atom is 0.0900 e. The Morgan fingerprint density at radius 3 is 2.61 bits per heavy atom. The molecule has 1 unspecified atom stereocenters. The van der Waals surface area contributed by atoms with Gasteiger partial charge in [0.25, 0.3) is 0 Å². The van der Waals surface area contributed by atoms with Crippen molar-refractivity contribution in [1.29, 1.82) is 0 Å². The van der Waals surface area contributed by atoms with Gasteiger partial charge in [-0.1, -0.05) is 19.3 Å². The van der Waals surface area contributed by atoms with E-state index < -0.39 is 0 Å². The van der Waals surface area contributed by atoms with Crippen molar-refractivity contribution in [1.82, 2.24) is 10.2 Å². The van der Waals surface area contributed by atoms with E-state index in [1.807, 2.05) is 0 Å². The molecule has 1 heterocycles. The molecule has 2 N–H and O–H groups in total. The monoisotopic (exact) mass is 256 g/mol. The second kappa shape index (κ2) is 8.10. The fourth-order valence-corrected chi connectivity index (χ4v) is 2.97. The van der Waals surface area contributed by atoms with Crippen LogP contribution in [0.1, 0.15) is 32.1 Å². The van der Waals surface area contributed by atoms with Crippen LogP contribution in [0.3, 0.4) is 0 Å². The smallest absolute Gasteiger partial charge is 0.0900 e. The van der Waals surface area contributed by atoms with Crippen molar-refractivity contribution in [3.63, 3.8) is 0 Å². The first-order valence-electron chi connectivity index (χ1n) is 7.53. The number of aliphatic hydroxyl groups excluding tert-OH is 1. The van der Waals surface area contributed by atoms with Crippen LogP contribution in [0, 0.1) is 5.92 Å². The first-order chi connectivity index (χ1) is 8.84. The molecule has 1 aliphatic heterocycles. The minimum absolute atomic E-state index is 0.327. The van der Waals surface area contributed by atoms with Gasteiger partial charge in [0.15, 0.2) is 0 Å². The second-order valence-electron chi connectivity index (χ2n) is 5.75. The summed E-state index contributed by atoms with van der Waals surface area (Å²) in [5, 5.41) is 13.3. The normalized spacial score (nSPS) is 25.2. The summed E-state index contributed by atoms with van der Waals surface area (Å²) in [4.78, 5) is 2.31. The predicted octanol–water partition coefficient (Wildman–Crippen LogP) is 0.849. The molecule has 0 radical (unpaired) electrons. The zero-order valence-electron chi connectivity index (χ0n) is 11.4. The number of nitrogens with one attached hydrogen (secondary N) is 1. The molecular weight excluding hydrogens is 228 g/mol. The average Bonchev–Trinajstić information content (AvgIpc) is 2.41. The van der Waals surface area contributed by atoms with Crippen LogP contribution in [0.5, 0.6) is 0 Å². The number of hydrogen-bond donors (Lipinski definition) is 2. The molecule has 2 rings (SSSR count). The summed E-state index contributed by atoms with van der Waals surface area (Å²) in [7, 11) is 0. The van der Waals surface area contributed by atoms with E-state index in [0.29, 0.717) is 6.61 Å². The van der Waals surface area contributed by atoms with E-state index in [0.717, 1.165) is 45.2 Å². The van der Waals surface area contributed by atoms with Gasteiger partial charge in [-0.2, -0.15) is 0 Å². The molecule has 2 aliphatic rings. The van der Waals surface area contributed by atoms with Gasteiger partial charge >= 0.3 is 0 Å². The molecule has 1 atom stereocenters. The Morgan fingerprint density at radius 2 is 1.89 bits per heavy atom. The van der Waals surface area contributed by atoms with E-state index in [1.54, 1.807) is 0 Å². The number of piperazine rings is 1. The van der Waals surface area contributed by atoms with Gasteiger partial charge in [0.05, 0.1) is 12.7 Å². The largest absolute Gasteiger partial charge is 0.389 e. The van der Waals surface area contributed by atoms with Crippen molar-refractivity contribution in [3.05, 3.63) is 0 Å². The summed E-state index contributed by atoms with van der Waals surface area (Å²) in [6, 6.07) is 0. The van der Waals surface area contributed by atoms with Gasteiger partial charge in [-0.15, -0.1) is 0 Å². The third kappa shape index (κ3) is 5.22. The van der Waals surface area contributed by atoms with E-state index in [1.165, 1.54) is 32.1 Å². The van der Waals surface area contributed by atoms with Gasteiger partial charge in [-0.05, 0) is 18.8 Å². The van der Waals surface area contributed by atoms with Crippen LogP contribution in [0.4, 0.5) is 0 Å². The highest BCUT2D eigenvalue weighted by Crippen LogP contribution is 2.23. The molecule has 4 nitrogen and oxygen atoms in total. The molecule has 0 aromatic rings.